The molecule has 19 heavy (non-hydrogen) atoms. The quantitative estimate of drug-likeness (QED) is 0.828. The van der Waals surface area contributed by atoms with Crippen LogP contribution >= 0.6 is 0 Å². The zero-order chi connectivity index (χ0) is 14.7. The second-order valence-electron chi connectivity index (χ2n) is 5.28. The van der Waals surface area contributed by atoms with Crippen LogP contribution in [0.4, 0.5) is 0 Å². The van der Waals surface area contributed by atoms with Gasteiger partial charge in [0.2, 0.25) is 10.0 Å². The van der Waals surface area contributed by atoms with Gasteiger partial charge >= 0.3 is 0 Å². The molecule has 1 rings (SSSR count). The average Bonchev–Trinajstić information content (AvgIpc) is 2.27. The topological polar surface area (TPSA) is 81.4 Å². The van der Waals surface area contributed by atoms with E-state index in [-0.39, 0.29) is 10.9 Å². The Morgan fingerprint density at radius 3 is 2.58 bits per heavy atom. The summed E-state index contributed by atoms with van der Waals surface area (Å²) in [6.45, 7) is 5.64. The standard InChI is InChI=1S/C13H22N2O3S/c1-10(14)11-6-5-7-12(8-11)19(16,17)15-13(2,3)9-18-4/h5-8,10,15H,9,14H2,1-4H3. The smallest absolute Gasteiger partial charge is 0.241 e. The lowest BCUT2D eigenvalue weighted by molar-refractivity contribution is 0.141. The number of methoxy groups -OCH3 is 1. The molecule has 0 aliphatic carbocycles. The van der Waals surface area contributed by atoms with E-state index in [9.17, 15) is 8.42 Å². The zero-order valence-electron chi connectivity index (χ0n) is 11.8. The Labute approximate surface area is 115 Å². The second-order valence-corrected chi connectivity index (χ2v) is 6.97. The van der Waals surface area contributed by atoms with Gasteiger partial charge in [0.1, 0.15) is 0 Å². The number of ether oxygens (including phenoxy) is 1. The predicted molar refractivity (Wildman–Crippen MR) is 75.3 cm³/mol. The number of sulfonamides is 1. The van der Waals surface area contributed by atoms with Crippen LogP contribution in [-0.2, 0) is 14.8 Å². The fourth-order valence-corrected chi connectivity index (χ4v) is 3.23. The van der Waals surface area contributed by atoms with E-state index in [1.165, 1.54) is 7.11 Å². The lowest BCUT2D eigenvalue weighted by Crippen LogP contribution is -2.46. The molecule has 108 valence electrons. The van der Waals surface area contributed by atoms with E-state index in [2.05, 4.69) is 4.72 Å². The summed E-state index contributed by atoms with van der Waals surface area (Å²) < 4.78 is 32.2. The normalized spacial score (nSPS) is 14.4. The van der Waals surface area contributed by atoms with E-state index in [1.807, 2.05) is 13.0 Å². The number of hydrogen-bond donors (Lipinski definition) is 2. The van der Waals surface area contributed by atoms with Gasteiger partial charge in [0.25, 0.3) is 0 Å². The van der Waals surface area contributed by atoms with Gasteiger partial charge in [-0.3, -0.25) is 0 Å². The van der Waals surface area contributed by atoms with Gasteiger partial charge in [0.15, 0.2) is 0 Å². The fraction of sp³-hybridized carbons (Fsp3) is 0.538. The molecule has 0 fully saturated rings. The molecule has 0 radical (unpaired) electrons. The molecule has 0 spiro atoms. The summed E-state index contributed by atoms with van der Waals surface area (Å²) in [4.78, 5) is 0.214. The summed E-state index contributed by atoms with van der Waals surface area (Å²) in [5.74, 6) is 0. The van der Waals surface area contributed by atoms with Gasteiger partial charge in [-0.25, -0.2) is 13.1 Å². The lowest BCUT2D eigenvalue weighted by Gasteiger charge is -2.25. The van der Waals surface area contributed by atoms with Crippen molar-refractivity contribution in [3.8, 4) is 0 Å². The molecule has 6 heteroatoms. The number of hydrogen-bond acceptors (Lipinski definition) is 4. The lowest BCUT2D eigenvalue weighted by atomic mass is 10.1. The molecule has 1 unspecified atom stereocenters. The Morgan fingerprint density at radius 1 is 1.42 bits per heavy atom. The van der Waals surface area contributed by atoms with Gasteiger partial charge in [-0.15, -0.1) is 0 Å². The third-order valence-corrected chi connectivity index (χ3v) is 4.31. The molecular weight excluding hydrogens is 264 g/mol. The van der Waals surface area contributed by atoms with Gasteiger partial charge in [0, 0.05) is 13.2 Å². The maximum atomic E-state index is 12.3. The maximum Gasteiger partial charge on any atom is 0.241 e. The molecule has 5 nitrogen and oxygen atoms in total. The highest BCUT2D eigenvalue weighted by atomic mass is 32.2. The van der Waals surface area contributed by atoms with E-state index in [0.29, 0.717) is 6.61 Å². The van der Waals surface area contributed by atoms with Crippen molar-refractivity contribution in [2.45, 2.75) is 37.2 Å². The summed E-state index contributed by atoms with van der Waals surface area (Å²) in [6.07, 6.45) is 0. The van der Waals surface area contributed by atoms with Crippen molar-refractivity contribution < 1.29 is 13.2 Å². The number of nitrogens with two attached hydrogens (primary N) is 1. The number of nitrogens with one attached hydrogen (secondary N) is 1. The molecule has 1 aromatic rings. The summed E-state index contributed by atoms with van der Waals surface area (Å²) in [7, 11) is -2.05. The Bertz CT molecular complexity index is 524. The zero-order valence-corrected chi connectivity index (χ0v) is 12.6. The van der Waals surface area contributed by atoms with Crippen LogP contribution in [0.25, 0.3) is 0 Å². The maximum absolute atomic E-state index is 12.3. The molecule has 1 aromatic carbocycles. The first-order chi connectivity index (χ1) is 8.68. The summed E-state index contributed by atoms with van der Waals surface area (Å²) in [6, 6.07) is 6.44. The first-order valence-corrected chi connectivity index (χ1v) is 7.55. The highest BCUT2D eigenvalue weighted by molar-refractivity contribution is 7.89. The van der Waals surface area contributed by atoms with Crippen molar-refractivity contribution in [1.29, 1.82) is 0 Å². The van der Waals surface area contributed by atoms with Crippen LogP contribution in [0.2, 0.25) is 0 Å². The van der Waals surface area contributed by atoms with Gasteiger partial charge in [-0.1, -0.05) is 12.1 Å². The fourth-order valence-electron chi connectivity index (χ4n) is 1.78. The van der Waals surface area contributed by atoms with Crippen LogP contribution in [0.5, 0.6) is 0 Å². The minimum absolute atomic E-state index is 0.206. The third-order valence-electron chi connectivity index (χ3n) is 2.61. The van der Waals surface area contributed by atoms with E-state index in [4.69, 9.17) is 10.5 Å². The van der Waals surface area contributed by atoms with Crippen LogP contribution < -0.4 is 10.5 Å². The highest BCUT2D eigenvalue weighted by Crippen LogP contribution is 2.17. The van der Waals surface area contributed by atoms with Crippen molar-refractivity contribution in [3.05, 3.63) is 29.8 Å². The average molecular weight is 286 g/mol. The van der Waals surface area contributed by atoms with Gasteiger partial charge < -0.3 is 10.5 Å². The van der Waals surface area contributed by atoms with Crippen LogP contribution in [0.1, 0.15) is 32.4 Å². The van der Waals surface area contributed by atoms with Crippen LogP contribution in [0, 0.1) is 0 Å². The summed E-state index contributed by atoms with van der Waals surface area (Å²) in [5.41, 5.74) is 5.88. The second kappa shape index (κ2) is 6.00. The molecule has 0 saturated carbocycles. The molecule has 0 heterocycles. The molecule has 0 saturated heterocycles. The van der Waals surface area contributed by atoms with E-state index >= 15 is 0 Å². The summed E-state index contributed by atoms with van der Waals surface area (Å²) in [5, 5.41) is 0. The molecule has 0 aliphatic heterocycles. The van der Waals surface area contributed by atoms with Crippen molar-refractivity contribution in [2.75, 3.05) is 13.7 Å². The van der Waals surface area contributed by atoms with Crippen molar-refractivity contribution >= 4 is 10.0 Å². The van der Waals surface area contributed by atoms with E-state index in [0.717, 1.165) is 5.56 Å². The van der Waals surface area contributed by atoms with Gasteiger partial charge in [-0.2, -0.15) is 0 Å². The minimum atomic E-state index is -3.58. The largest absolute Gasteiger partial charge is 0.383 e. The van der Waals surface area contributed by atoms with Gasteiger partial charge in [0.05, 0.1) is 17.0 Å². The Morgan fingerprint density at radius 2 is 2.05 bits per heavy atom. The van der Waals surface area contributed by atoms with Crippen LogP contribution in [0.3, 0.4) is 0 Å². The molecule has 0 aliphatic rings. The van der Waals surface area contributed by atoms with Crippen molar-refractivity contribution in [1.82, 2.24) is 4.72 Å². The Kier molecular flexibility index (Phi) is 5.09. The SMILES string of the molecule is COCC(C)(C)NS(=O)(=O)c1cccc(C(C)N)c1. The van der Waals surface area contributed by atoms with Gasteiger partial charge in [-0.05, 0) is 38.5 Å². The molecule has 3 N–H and O–H groups in total. The predicted octanol–water partition coefficient (Wildman–Crippen LogP) is 1.41. The monoisotopic (exact) mass is 286 g/mol. The summed E-state index contributed by atoms with van der Waals surface area (Å²) >= 11 is 0. The molecule has 0 aromatic heterocycles. The first-order valence-electron chi connectivity index (χ1n) is 6.06. The number of benzene rings is 1. The Hall–Kier alpha value is -0.950. The van der Waals surface area contributed by atoms with Crippen LogP contribution in [0.15, 0.2) is 29.2 Å². The third kappa shape index (κ3) is 4.58. The minimum Gasteiger partial charge on any atom is -0.383 e. The number of rotatable bonds is 6. The Balaban J connectivity index is 3.04. The van der Waals surface area contributed by atoms with E-state index in [1.54, 1.807) is 32.0 Å². The molecule has 0 amide bonds. The van der Waals surface area contributed by atoms with Crippen molar-refractivity contribution in [3.63, 3.8) is 0 Å². The van der Waals surface area contributed by atoms with E-state index < -0.39 is 15.6 Å². The molecule has 1 atom stereocenters. The highest BCUT2D eigenvalue weighted by Gasteiger charge is 2.26. The van der Waals surface area contributed by atoms with Crippen LogP contribution in [-0.4, -0.2) is 27.7 Å². The molecular formula is C13H22N2O3S. The van der Waals surface area contributed by atoms with Crippen molar-refractivity contribution in [2.24, 2.45) is 5.73 Å². The first kappa shape index (κ1) is 16.1. The molecule has 0 bridgehead atoms.